The van der Waals surface area contributed by atoms with Crippen molar-refractivity contribution in [2.24, 2.45) is 5.73 Å². The Kier molecular flexibility index (Phi) is 7.83. The highest BCUT2D eigenvalue weighted by atomic mass is 16.3. The molecule has 0 aromatic heterocycles. The van der Waals surface area contributed by atoms with Gasteiger partial charge in [0.25, 0.3) is 0 Å². The highest BCUT2D eigenvalue weighted by Crippen LogP contribution is 2.08. The van der Waals surface area contributed by atoms with Crippen LogP contribution in [0.15, 0.2) is 12.7 Å². The van der Waals surface area contributed by atoms with E-state index in [1.165, 1.54) is 4.90 Å². The first-order chi connectivity index (χ1) is 7.91. The van der Waals surface area contributed by atoms with Crippen molar-refractivity contribution in [1.82, 2.24) is 4.90 Å². The zero-order valence-corrected chi connectivity index (χ0v) is 11.2. The van der Waals surface area contributed by atoms with E-state index >= 15 is 0 Å². The standard InChI is InChI=1S/C13H26N2O2/c1-5-6-7-8-9-12(14)13(17)15(4)10(2)11(3)16/h5,10-12,16H,1,6-9,14H2,2-4H3/t10?,11-,12?/m1/s1. The van der Waals surface area contributed by atoms with Crippen LogP contribution in [0, 0.1) is 0 Å². The lowest BCUT2D eigenvalue weighted by Gasteiger charge is -2.29. The first-order valence-corrected chi connectivity index (χ1v) is 6.23. The third-order valence-electron chi connectivity index (χ3n) is 3.15. The number of rotatable bonds is 8. The van der Waals surface area contributed by atoms with Crippen molar-refractivity contribution in [3.8, 4) is 0 Å². The zero-order chi connectivity index (χ0) is 13.4. The molecule has 0 spiro atoms. The van der Waals surface area contributed by atoms with Crippen molar-refractivity contribution in [2.75, 3.05) is 7.05 Å². The summed E-state index contributed by atoms with van der Waals surface area (Å²) in [6.07, 6.45) is 4.91. The van der Waals surface area contributed by atoms with Gasteiger partial charge in [-0.15, -0.1) is 6.58 Å². The van der Waals surface area contributed by atoms with Crippen molar-refractivity contribution in [2.45, 2.75) is 57.7 Å². The average molecular weight is 242 g/mol. The Bertz CT molecular complexity index is 242. The molecule has 0 heterocycles. The molecule has 0 saturated carbocycles. The summed E-state index contributed by atoms with van der Waals surface area (Å²) in [5, 5.41) is 9.42. The lowest BCUT2D eigenvalue weighted by molar-refractivity contribution is -0.135. The molecular formula is C13H26N2O2. The molecule has 0 aliphatic rings. The van der Waals surface area contributed by atoms with Crippen molar-refractivity contribution < 1.29 is 9.90 Å². The van der Waals surface area contributed by atoms with Crippen molar-refractivity contribution in [3.63, 3.8) is 0 Å². The van der Waals surface area contributed by atoms with Crippen LogP contribution in [0.2, 0.25) is 0 Å². The maximum Gasteiger partial charge on any atom is 0.239 e. The Morgan fingerprint density at radius 1 is 1.47 bits per heavy atom. The molecule has 17 heavy (non-hydrogen) atoms. The molecule has 0 bridgehead atoms. The minimum atomic E-state index is -0.545. The van der Waals surface area contributed by atoms with Gasteiger partial charge in [-0.05, 0) is 33.1 Å². The minimum absolute atomic E-state index is 0.1000. The Morgan fingerprint density at radius 3 is 2.53 bits per heavy atom. The fourth-order valence-corrected chi connectivity index (χ4v) is 1.56. The first-order valence-electron chi connectivity index (χ1n) is 6.23. The number of carbonyl (C=O) groups is 1. The van der Waals surface area contributed by atoms with Gasteiger partial charge >= 0.3 is 0 Å². The molecule has 0 aromatic carbocycles. The summed E-state index contributed by atoms with van der Waals surface area (Å²) in [4.78, 5) is 13.5. The third-order valence-corrected chi connectivity index (χ3v) is 3.15. The molecule has 4 nitrogen and oxygen atoms in total. The van der Waals surface area contributed by atoms with E-state index in [-0.39, 0.29) is 11.9 Å². The molecule has 0 saturated heterocycles. The molecule has 3 atom stereocenters. The van der Waals surface area contributed by atoms with E-state index in [0.29, 0.717) is 6.42 Å². The second kappa shape index (κ2) is 8.25. The van der Waals surface area contributed by atoms with Crippen LogP contribution in [-0.4, -0.2) is 41.1 Å². The van der Waals surface area contributed by atoms with Gasteiger partial charge in [0.2, 0.25) is 5.91 Å². The van der Waals surface area contributed by atoms with Gasteiger partial charge in [-0.1, -0.05) is 12.5 Å². The number of likely N-dealkylation sites (N-methyl/N-ethyl adjacent to an activating group) is 1. The molecule has 0 radical (unpaired) electrons. The summed E-state index contributed by atoms with van der Waals surface area (Å²) >= 11 is 0. The monoisotopic (exact) mass is 242 g/mol. The Labute approximate surface area is 104 Å². The summed E-state index contributed by atoms with van der Waals surface area (Å²) in [5.74, 6) is -0.1000. The van der Waals surface area contributed by atoms with Gasteiger partial charge in [0.05, 0.1) is 18.2 Å². The van der Waals surface area contributed by atoms with Gasteiger partial charge in [-0.25, -0.2) is 0 Å². The predicted molar refractivity (Wildman–Crippen MR) is 70.6 cm³/mol. The van der Waals surface area contributed by atoms with Crippen LogP contribution in [0.25, 0.3) is 0 Å². The number of nitrogens with two attached hydrogens (primary N) is 1. The number of aliphatic hydroxyl groups is 1. The van der Waals surface area contributed by atoms with E-state index < -0.39 is 12.1 Å². The van der Waals surface area contributed by atoms with E-state index in [0.717, 1.165) is 19.3 Å². The summed E-state index contributed by atoms with van der Waals surface area (Å²) in [6.45, 7) is 7.13. The number of carbonyl (C=O) groups excluding carboxylic acids is 1. The number of allylic oxidation sites excluding steroid dienone is 1. The number of nitrogens with zero attached hydrogens (tertiary/aromatic N) is 1. The summed E-state index contributed by atoms with van der Waals surface area (Å²) < 4.78 is 0. The molecule has 4 heteroatoms. The van der Waals surface area contributed by atoms with E-state index in [9.17, 15) is 9.90 Å². The SMILES string of the molecule is C=CCCCCC(N)C(=O)N(C)C(C)[C@@H](C)O. The highest BCUT2D eigenvalue weighted by molar-refractivity contribution is 5.81. The summed E-state index contributed by atoms with van der Waals surface area (Å²) in [7, 11) is 1.68. The van der Waals surface area contributed by atoms with Crippen molar-refractivity contribution in [3.05, 3.63) is 12.7 Å². The molecule has 0 fully saturated rings. The smallest absolute Gasteiger partial charge is 0.239 e. The number of unbranched alkanes of at least 4 members (excludes halogenated alkanes) is 2. The largest absolute Gasteiger partial charge is 0.391 e. The van der Waals surface area contributed by atoms with Crippen LogP contribution < -0.4 is 5.73 Å². The molecule has 100 valence electrons. The van der Waals surface area contributed by atoms with E-state index in [2.05, 4.69) is 6.58 Å². The minimum Gasteiger partial charge on any atom is -0.391 e. The highest BCUT2D eigenvalue weighted by Gasteiger charge is 2.23. The van der Waals surface area contributed by atoms with Crippen LogP contribution in [0.1, 0.15) is 39.5 Å². The molecule has 0 aromatic rings. The predicted octanol–water partition coefficient (Wildman–Crippen LogP) is 1.29. The summed E-state index contributed by atoms with van der Waals surface area (Å²) in [5.41, 5.74) is 5.84. The van der Waals surface area contributed by atoms with Crippen LogP contribution in [-0.2, 0) is 4.79 Å². The molecular weight excluding hydrogens is 216 g/mol. The lowest BCUT2D eigenvalue weighted by atomic mass is 10.1. The first kappa shape index (κ1) is 16.1. The van der Waals surface area contributed by atoms with Gasteiger partial charge in [0, 0.05) is 7.05 Å². The number of hydrogen-bond donors (Lipinski definition) is 2. The Hall–Kier alpha value is -0.870. The zero-order valence-electron chi connectivity index (χ0n) is 11.2. The van der Waals surface area contributed by atoms with Crippen LogP contribution in [0.5, 0.6) is 0 Å². The van der Waals surface area contributed by atoms with E-state index in [1.807, 2.05) is 13.0 Å². The third kappa shape index (κ3) is 5.84. The van der Waals surface area contributed by atoms with Crippen LogP contribution in [0.4, 0.5) is 0 Å². The summed E-state index contributed by atoms with van der Waals surface area (Å²) in [6, 6.07) is -0.673. The maximum atomic E-state index is 11.9. The maximum absolute atomic E-state index is 11.9. The molecule has 0 aliphatic carbocycles. The number of amides is 1. The topological polar surface area (TPSA) is 66.6 Å². The fraction of sp³-hybridized carbons (Fsp3) is 0.769. The molecule has 1 amide bonds. The van der Waals surface area contributed by atoms with E-state index in [1.54, 1.807) is 14.0 Å². The quantitative estimate of drug-likeness (QED) is 0.498. The Balaban J connectivity index is 4.06. The number of hydrogen-bond acceptors (Lipinski definition) is 3. The van der Waals surface area contributed by atoms with Crippen molar-refractivity contribution in [1.29, 1.82) is 0 Å². The lowest BCUT2D eigenvalue weighted by Crippen LogP contribution is -2.48. The Morgan fingerprint density at radius 2 is 2.06 bits per heavy atom. The molecule has 0 aliphatic heterocycles. The second-order valence-corrected chi connectivity index (χ2v) is 4.61. The van der Waals surface area contributed by atoms with Gasteiger partial charge in [0.1, 0.15) is 0 Å². The van der Waals surface area contributed by atoms with Crippen LogP contribution in [0.3, 0.4) is 0 Å². The van der Waals surface area contributed by atoms with Gasteiger partial charge in [-0.3, -0.25) is 4.79 Å². The second-order valence-electron chi connectivity index (χ2n) is 4.61. The van der Waals surface area contributed by atoms with Gasteiger partial charge in [0.15, 0.2) is 0 Å². The fourth-order valence-electron chi connectivity index (χ4n) is 1.56. The van der Waals surface area contributed by atoms with Crippen molar-refractivity contribution >= 4 is 5.91 Å². The molecule has 2 unspecified atom stereocenters. The van der Waals surface area contributed by atoms with E-state index in [4.69, 9.17) is 5.73 Å². The molecule has 3 N–H and O–H groups in total. The number of aliphatic hydroxyl groups excluding tert-OH is 1. The van der Waals surface area contributed by atoms with Gasteiger partial charge < -0.3 is 15.7 Å². The normalized spacial score (nSPS) is 16.1. The molecule has 0 rings (SSSR count). The van der Waals surface area contributed by atoms with Crippen LogP contribution >= 0.6 is 0 Å². The average Bonchev–Trinajstić information content (AvgIpc) is 2.31. The van der Waals surface area contributed by atoms with Gasteiger partial charge in [-0.2, -0.15) is 0 Å².